The molecular formula is C13H20N2O2. The van der Waals surface area contributed by atoms with Gasteiger partial charge in [-0.05, 0) is 37.8 Å². The predicted molar refractivity (Wildman–Crippen MR) is 66.9 cm³/mol. The second-order valence-electron chi connectivity index (χ2n) is 4.99. The molecule has 1 aliphatic rings. The van der Waals surface area contributed by atoms with Gasteiger partial charge in [-0.1, -0.05) is 0 Å². The van der Waals surface area contributed by atoms with Gasteiger partial charge in [0.05, 0.1) is 29.8 Å². The van der Waals surface area contributed by atoms with Gasteiger partial charge in [-0.3, -0.25) is 4.98 Å². The SMILES string of the molecule is CC(O)c1ccc(N(C)CC2CC(O)C2)cn1. The predicted octanol–water partition coefficient (Wildman–Crippen LogP) is 1.34. The van der Waals surface area contributed by atoms with Crippen LogP contribution in [0.15, 0.2) is 18.3 Å². The molecule has 0 spiro atoms. The Balaban J connectivity index is 1.92. The van der Waals surface area contributed by atoms with E-state index >= 15 is 0 Å². The zero-order valence-corrected chi connectivity index (χ0v) is 10.4. The molecule has 1 unspecified atom stereocenters. The molecule has 1 saturated carbocycles. The van der Waals surface area contributed by atoms with E-state index in [1.807, 2.05) is 19.2 Å². The minimum absolute atomic E-state index is 0.0934. The van der Waals surface area contributed by atoms with Crippen molar-refractivity contribution in [1.29, 1.82) is 0 Å². The van der Waals surface area contributed by atoms with Crippen molar-refractivity contribution in [3.8, 4) is 0 Å². The summed E-state index contributed by atoms with van der Waals surface area (Å²) in [6, 6.07) is 3.83. The molecular weight excluding hydrogens is 216 g/mol. The van der Waals surface area contributed by atoms with Gasteiger partial charge in [-0.2, -0.15) is 0 Å². The Labute approximate surface area is 102 Å². The van der Waals surface area contributed by atoms with E-state index in [-0.39, 0.29) is 6.10 Å². The lowest BCUT2D eigenvalue weighted by Gasteiger charge is -2.35. The topological polar surface area (TPSA) is 56.6 Å². The van der Waals surface area contributed by atoms with Crippen LogP contribution >= 0.6 is 0 Å². The van der Waals surface area contributed by atoms with Crippen LogP contribution in [0.5, 0.6) is 0 Å². The normalized spacial score (nSPS) is 25.2. The molecule has 0 radical (unpaired) electrons. The van der Waals surface area contributed by atoms with Crippen molar-refractivity contribution in [2.45, 2.75) is 32.0 Å². The van der Waals surface area contributed by atoms with Crippen molar-refractivity contribution in [3.63, 3.8) is 0 Å². The third-order valence-electron chi connectivity index (χ3n) is 3.38. The third kappa shape index (κ3) is 2.96. The van der Waals surface area contributed by atoms with Crippen LogP contribution in [0.4, 0.5) is 5.69 Å². The van der Waals surface area contributed by atoms with Gasteiger partial charge in [0.1, 0.15) is 0 Å². The standard InChI is InChI=1S/C13H20N2O2/c1-9(16)13-4-3-11(7-14-13)15(2)8-10-5-12(17)6-10/h3-4,7,9-10,12,16-17H,5-6,8H2,1-2H3. The van der Waals surface area contributed by atoms with Crippen molar-refractivity contribution >= 4 is 5.69 Å². The number of pyridine rings is 1. The van der Waals surface area contributed by atoms with E-state index in [0.29, 0.717) is 11.6 Å². The van der Waals surface area contributed by atoms with E-state index in [1.54, 1.807) is 13.1 Å². The van der Waals surface area contributed by atoms with E-state index in [9.17, 15) is 10.2 Å². The maximum Gasteiger partial charge on any atom is 0.0931 e. The lowest BCUT2D eigenvalue weighted by Crippen LogP contribution is -2.37. The molecule has 2 rings (SSSR count). The van der Waals surface area contributed by atoms with Crippen molar-refractivity contribution in [2.75, 3.05) is 18.5 Å². The van der Waals surface area contributed by atoms with E-state index in [1.165, 1.54) is 0 Å². The van der Waals surface area contributed by atoms with E-state index in [4.69, 9.17) is 0 Å². The Morgan fingerprint density at radius 2 is 2.18 bits per heavy atom. The summed E-state index contributed by atoms with van der Waals surface area (Å²) in [4.78, 5) is 6.37. The first kappa shape index (κ1) is 12.3. The van der Waals surface area contributed by atoms with Gasteiger partial charge < -0.3 is 15.1 Å². The van der Waals surface area contributed by atoms with Crippen LogP contribution in [0.3, 0.4) is 0 Å². The lowest BCUT2D eigenvalue weighted by atomic mass is 9.82. The molecule has 94 valence electrons. The Morgan fingerprint density at radius 3 is 2.65 bits per heavy atom. The monoisotopic (exact) mass is 236 g/mol. The maximum absolute atomic E-state index is 9.37. The molecule has 0 aromatic carbocycles. The number of nitrogens with zero attached hydrogens (tertiary/aromatic N) is 2. The molecule has 4 heteroatoms. The quantitative estimate of drug-likeness (QED) is 0.828. The third-order valence-corrected chi connectivity index (χ3v) is 3.38. The molecule has 0 aliphatic heterocycles. The first-order valence-corrected chi connectivity index (χ1v) is 6.09. The fraction of sp³-hybridized carbons (Fsp3) is 0.615. The fourth-order valence-corrected chi connectivity index (χ4v) is 2.21. The summed E-state index contributed by atoms with van der Waals surface area (Å²) < 4.78 is 0. The molecule has 17 heavy (non-hydrogen) atoms. The summed E-state index contributed by atoms with van der Waals surface area (Å²) in [6.45, 7) is 2.66. The molecule has 1 atom stereocenters. The molecule has 1 aromatic rings. The second kappa shape index (κ2) is 5.02. The second-order valence-corrected chi connectivity index (χ2v) is 4.99. The largest absolute Gasteiger partial charge is 0.393 e. The van der Waals surface area contributed by atoms with Gasteiger partial charge >= 0.3 is 0 Å². The minimum atomic E-state index is -0.517. The zero-order chi connectivity index (χ0) is 12.4. The smallest absolute Gasteiger partial charge is 0.0931 e. The Bertz CT molecular complexity index is 358. The van der Waals surface area contributed by atoms with Crippen molar-refractivity contribution < 1.29 is 10.2 Å². The molecule has 0 amide bonds. The Kier molecular flexibility index (Phi) is 3.64. The summed E-state index contributed by atoms with van der Waals surface area (Å²) in [7, 11) is 2.03. The number of hydrogen-bond donors (Lipinski definition) is 2. The van der Waals surface area contributed by atoms with Crippen LogP contribution in [0.2, 0.25) is 0 Å². The highest BCUT2D eigenvalue weighted by molar-refractivity contribution is 5.43. The van der Waals surface area contributed by atoms with Gasteiger partial charge in [-0.25, -0.2) is 0 Å². The highest BCUT2D eigenvalue weighted by atomic mass is 16.3. The van der Waals surface area contributed by atoms with Crippen LogP contribution in [0.25, 0.3) is 0 Å². The number of anilines is 1. The first-order valence-electron chi connectivity index (χ1n) is 6.09. The van der Waals surface area contributed by atoms with Crippen molar-refractivity contribution in [1.82, 2.24) is 4.98 Å². The van der Waals surface area contributed by atoms with Gasteiger partial charge in [0.2, 0.25) is 0 Å². The van der Waals surface area contributed by atoms with Crippen LogP contribution in [0.1, 0.15) is 31.6 Å². The zero-order valence-electron chi connectivity index (χ0n) is 10.4. The van der Waals surface area contributed by atoms with Crippen LogP contribution in [-0.2, 0) is 0 Å². The number of aliphatic hydroxyl groups is 2. The molecule has 1 aliphatic carbocycles. The summed E-state index contributed by atoms with van der Waals surface area (Å²) in [5, 5.41) is 18.6. The van der Waals surface area contributed by atoms with Gasteiger partial charge in [0.25, 0.3) is 0 Å². The summed E-state index contributed by atoms with van der Waals surface area (Å²) in [6.07, 6.45) is 2.99. The molecule has 1 fully saturated rings. The van der Waals surface area contributed by atoms with Gasteiger partial charge in [-0.15, -0.1) is 0 Å². The number of hydrogen-bond acceptors (Lipinski definition) is 4. The van der Waals surface area contributed by atoms with E-state index in [2.05, 4.69) is 9.88 Å². The molecule has 0 saturated heterocycles. The van der Waals surface area contributed by atoms with E-state index in [0.717, 1.165) is 25.1 Å². The summed E-state index contributed by atoms with van der Waals surface area (Å²) in [5.41, 5.74) is 1.75. The maximum atomic E-state index is 9.37. The van der Waals surface area contributed by atoms with Crippen molar-refractivity contribution in [3.05, 3.63) is 24.0 Å². The lowest BCUT2D eigenvalue weighted by molar-refractivity contribution is 0.0465. The van der Waals surface area contributed by atoms with Gasteiger partial charge in [0.15, 0.2) is 0 Å². The summed E-state index contributed by atoms with van der Waals surface area (Å²) in [5.74, 6) is 0.589. The highest BCUT2D eigenvalue weighted by Gasteiger charge is 2.28. The molecule has 0 bridgehead atoms. The van der Waals surface area contributed by atoms with Gasteiger partial charge in [0, 0.05) is 13.6 Å². The number of aliphatic hydroxyl groups excluding tert-OH is 2. The average molecular weight is 236 g/mol. The Hall–Kier alpha value is -1.13. The van der Waals surface area contributed by atoms with Crippen LogP contribution < -0.4 is 4.90 Å². The molecule has 1 heterocycles. The van der Waals surface area contributed by atoms with E-state index < -0.39 is 6.10 Å². The number of rotatable bonds is 4. The first-order chi connectivity index (χ1) is 8.06. The molecule has 4 nitrogen and oxygen atoms in total. The molecule has 1 aromatic heterocycles. The molecule has 2 N–H and O–H groups in total. The average Bonchev–Trinajstić information content (AvgIpc) is 2.27. The Morgan fingerprint density at radius 1 is 1.47 bits per heavy atom. The number of aromatic nitrogens is 1. The minimum Gasteiger partial charge on any atom is -0.393 e. The highest BCUT2D eigenvalue weighted by Crippen LogP contribution is 2.29. The summed E-state index contributed by atoms with van der Waals surface area (Å²) >= 11 is 0. The van der Waals surface area contributed by atoms with Crippen molar-refractivity contribution in [2.24, 2.45) is 5.92 Å². The van der Waals surface area contributed by atoms with Crippen LogP contribution in [-0.4, -0.2) is 34.9 Å². The van der Waals surface area contributed by atoms with Crippen LogP contribution in [0, 0.1) is 5.92 Å². The fourth-order valence-electron chi connectivity index (χ4n) is 2.21.